The lowest BCUT2D eigenvalue weighted by Crippen LogP contribution is -2.31. The normalized spacial score (nSPS) is 14.6. The van der Waals surface area contributed by atoms with Crippen molar-refractivity contribution in [2.45, 2.75) is 32.9 Å². The molecular formula is C31H31NO6. The van der Waals surface area contributed by atoms with Gasteiger partial charge in [-0.25, -0.2) is 0 Å². The van der Waals surface area contributed by atoms with Crippen molar-refractivity contribution in [3.05, 3.63) is 105 Å². The molecule has 0 bridgehead atoms. The molecule has 1 unspecified atom stereocenters. The van der Waals surface area contributed by atoms with Crippen LogP contribution in [0.4, 0.5) is 0 Å². The van der Waals surface area contributed by atoms with Gasteiger partial charge in [0.1, 0.15) is 12.2 Å². The summed E-state index contributed by atoms with van der Waals surface area (Å²) in [7, 11) is 0. The number of fused-ring (bicyclic) bond motifs is 2. The van der Waals surface area contributed by atoms with Crippen LogP contribution in [0.15, 0.2) is 82.0 Å². The highest BCUT2D eigenvalue weighted by Gasteiger charge is 2.42. The summed E-state index contributed by atoms with van der Waals surface area (Å²) >= 11 is 0. The lowest BCUT2D eigenvalue weighted by molar-refractivity contribution is 0.0695. The molecule has 0 spiro atoms. The third kappa shape index (κ3) is 5.02. The minimum atomic E-state index is -0.609. The van der Waals surface area contributed by atoms with E-state index in [9.17, 15) is 9.59 Å². The molecule has 1 amide bonds. The Bertz CT molecular complexity index is 1480. The Morgan fingerprint density at radius 1 is 0.868 bits per heavy atom. The summed E-state index contributed by atoms with van der Waals surface area (Å²) in [5, 5.41) is 0.452. The maximum atomic E-state index is 13.7. The zero-order chi connectivity index (χ0) is 26.5. The Labute approximate surface area is 221 Å². The van der Waals surface area contributed by atoms with E-state index in [0.29, 0.717) is 67.4 Å². The lowest BCUT2D eigenvalue weighted by Gasteiger charge is -2.26. The largest absolute Gasteiger partial charge is 0.490 e. The molecule has 0 saturated carbocycles. The summed E-state index contributed by atoms with van der Waals surface area (Å²) in [5.74, 6) is 0.947. The highest BCUT2D eigenvalue weighted by atomic mass is 16.5. The van der Waals surface area contributed by atoms with E-state index in [1.807, 2.05) is 62.4 Å². The van der Waals surface area contributed by atoms with Crippen molar-refractivity contribution in [3.63, 3.8) is 0 Å². The highest BCUT2D eigenvalue weighted by Crippen LogP contribution is 2.41. The van der Waals surface area contributed by atoms with Gasteiger partial charge in [-0.15, -0.1) is 0 Å². The first-order valence-corrected chi connectivity index (χ1v) is 13.0. The van der Waals surface area contributed by atoms with Crippen molar-refractivity contribution in [3.8, 4) is 11.5 Å². The van der Waals surface area contributed by atoms with Crippen molar-refractivity contribution < 1.29 is 23.4 Å². The summed E-state index contributed by atoms with van der Waals surface area (Å²) in [6, 6.07) is 21.9. The molecule has 38 heavy (non-hydrogen) atoms. The zero-order valence-corrected chi connectivity index (χ0v) is 21.6. The molecule has 0 aliphatic carbocycles. The lowest BCUT2D eigenvalue weighted by atomic mass is 9.98. The zero-order valence-electron chi connectivity index (χ0n) is 21.6. The third-order valence-electron chi connectivity index (χ3n) is 6.59. The number of carbonyl (C=O) groups excluding carboxylic acids is 1. The monoisotopic (exact) mass is 513 g/mol. The molecule has 0 N–H and O–H groups in total. The molecule has 196 valence electrons. The van der Waals surface area contributed by atoms with Gasteiger partial charge in [0.2, 0.25) is 5.76 Å². The van der Waals surface area contributed by atoms with E-state index in [4.69, 9.17) is 18.6 Å². The molecule has 0 saturated heterocycles. The highest BCUT2D eigenvalue weighted by molar-refractivity contribution is 5.99. The van der Waals surface area contributed by atoms with Gasteiger partial charge in [-0.3, -0.25) is 9.59 Å². The number of nitrogens with zero attached hydrogens (tertiary/aromatic N) is 1. The number of rotatable bonds is 11. The van der Waals surface area contributed by atoms with E-state index in [1.54, 1.807) is 29.2 Å². The molecule has 4 aromatic rings. The first-order valence-electron chi connectivity index (χ1n) is 13.0. The first-order chi connectivity index (χ1) is 18.6. The van der Waals surface area contributed by atoms with Gasteiger partial charge in [0.05, 0.1) is 23.6 Å². The number of ether oxygens (including phenoxy) is 3. The van der Waals surface area contributed by atoms with Gasteiger partial charge in [0, 0.05) is 19.8 Å². The summed E-state index contributed by atoms with van der Waals surface area (Å²) in [6.07, 6.45) is 0.633. The summed E-state index contributed by atoms with van der Waals surface area (Å²) in [4.78, 5) is 29.0. The van der Waals surface area contributed by atoms with Crippen LogP contribution in [0.25, 0.3) is 11.0 Å². The maximum Gasteiger partial charge on any atom is 0.290 e. The van der Waals surface area contributed by atoms with Crippen LogP contribution in [0.2, 0.25) is 0 Å². The van der Waals surface area contributed by atoms with Gasteiger partial charge < -0.3 is 23.5 Å². The molecule has 2 heterocycles. The quantitative estimate of drug-likeness (QED) is 0.238. The number of carbonyl (C=O) groups is 1. The van der Waals surface area contributed by atoms with Crippen LogP contribution < -0.4 is 14.9 Å². The van der Waals surface area contributed by atoms with Crippen LogP contribution in [0.1, 0.15) is 53.6 Å². The molecular weight excluding hydrogens is 482 g/mol. The third-order valence-corrected chi connectivity index (χ3v) is 6.59. The van der Waals surface area contributed by atoms with Gasteiger partial charge in [0.15, 0.2) is 16.9 Å². The Morgan fingerprint density at radius 2 is 1.66 bits per heavy atom. The fourth-order valence-corrected chi connectivity index (χ4v) is 4.84. The van der Waals surface area contributed by atoms with Crippen LogP contribution in [-0.2, 0) is 11.3 Å². The molecule has 1 aliphatic rings. The minimum absolute atomic E-state index is 0.0949. The minimum Gasteiger partial charge on any atom is -0.490 e. The Balaban J connectivity index is 1.55. The van der Waals surface area contributed by atoms with Gasteiger partial charge in [-0.1, -0.05) is 48.5 Å². The standard InChI is InChI=1S/C31H31NO6/c1-3-35-18-10-17-32-28(27-29(33)23-13-8-9-14-24(23)38-30(27)31(32)34)22-15-16-25(26(19-22)36-4-2)37-20-21-11-6-5-7-12-21/h5-9,11-16,19,28H,3-4,10,17-18,20H2,1-2H3. The second kappa shape index (κ2) is 11.5. The van der Waals surface area contributed by atoms with E-state index in [2.05, 4.69) is 0 Å². The molecule has 7 heteroatoms. The summed E-state index contributed by atoms with van der Waals surface area (Å²) in [6.45, 7) is 6.21. The smallest absolute Gasteiger partial charge is 0.290 e. The average Bonchev–Trinajstić information content (AvgIpc) is 3.22. The van der Waals surface area contributed by atoms with Crippen LogP contribution >= 0.6 is 0 Å². The molecule has 0 radical (unpaired) electrons. The maximum absolute atomic E-state index is 13.7. The number of amides is 1. The molecule has 5 rings (SSSR count). The van der Waals surface area contributed by atoms with E-state index in [1.165, 1.54) is 0 Å². The number of benzene rings is 3. The molecule has 7 nitrogen and oxygen atoms in total. The first kappa shape index (κ1) is 25.5. The van der Waals surface area contributed by atoms with E-state index in [0.717, 1.165) is 11.1 Å². The predicted octanol–water partition coefficient (Wildman–Crippen LogP) is 5.74. The number of para-hydroxylation sites is 1. The molecule has 1 aromatic heterocycles. The number of hydrogen-bond acceptors (Lipinski definition) is 6. The fourth-order valence-electron chi connectivity index (χ4n) is 4.84. The number of hydrogen-bond donors (Lipinski definition) is 0. The second-order valence-electron chi connectivity index (χ2n) is 9.04. The average molecular weight is 514 g/mol. The van der Waals surface area contributed by atoms with Crippen molar-refractivity contribution >= 4 is 16.9 Å². The van der Waals surface area contributed by atoms with Crippen molar-refractivity contribution in [2.24, 2.45) is 0 Å². The van der Waals surface area contributed by atoms with E-state index < -0.39 is 6.04 Å². The summed E-state index contributed by atoms with van der Waals surface area (Å²) in [5.41, 5.74) is 2.35. The van der Waals surface area contributed by atoms with Crippen LogP contribution in [-0.4, -0.2) is 37.2 Å². The fraction of sp³-hybridized carbons (Fsp3) is 0.290. The Hall–Kier alpha value is -4.10. The van der Waals surface area contributed by atoms with Gasteiger partial charge in [-0.05, 0) is 55.7 Å². The van der Waals surface area contributed by atoms with Crippen LogP contribution in [0, 0.1) is 0 Å². The predicted molar refractivity (Wildman–Crippen MR) is 145 cm³/mol. The molecule has 0 fully saturated rings. The topological polar surface area (TPSA) is 78.2 Å². The Kier molecular flexibility index (Phi) is 7.75. The Morgan fingerprint density at radius 3 is 2.45 bits per heavy atom. The van der Waals surface area contributed by atoms with Crippen LogP contribution in [0.5, 0.6) is 11.5 Å². The van der Waals surface area contributed by atoms with E-state index in [-0.39, 0.29) is 17.1 Å². The van der Waals surface area contributed by atoms with Crippen molar-refractivity contribution in [1.82, 2.24) is 4.90 Å². The summed E-state index contributed by atoms with van der Waals surface area (Å²) < 4.78 is 23.5. The van der Waals surface area contributed by atoms with Crippen molar-refractivity contribution in [1.29, 1.82) is 0 Å². The second-order valence-corrected chi connectivity index (χ2v) is 9.04. The van der Waals surface area contributed by atoms with E-state index >= 15 is 0 Å². The van der Waals surface area contributed by atoms with Gasteiger partial charge >= 0.3 is 0 Å². The van der Waals surface area contributed by atoms with Crippen LogP contribution in [0.3, 0.4) is 0 Å². The SMILES string of the molecule is CCOCCCN1C(=O)c2oc3ccccc3c(=O)c2C1c1ccc(OCc2ccccc2)c(OCC)c1. The molecule has 3 aromatic carbocycles. The van der Waals surface area contributed by atoms with Gasteiger partial charge in [0.25, 0.3) is 5.91 Å². The molecule has 1 aliphatic heterocycles. The molecule has 1 atom stereocenters. The van der Waals surface area contributed by atoms with Crippen molar-refractivity contribution in [2.75, 3.05) is 26.4 Å². The van der Waals surface area contributed by atoms with Gasteiger partial charge in [-0.2, -0.15) is 0 Å².